The van der Waals surface area contributed by atoms with Crippen LogP contribution in [0.15, 0.2) is 54.6 Å². The summed E-state index contributed by atoms with van der Waals surface area (Å²) in [6, 6.07) is 4.87. The summed E-state index contributed by atoms with van der Waals surface area (Å²) in [6.45, 7) is 10.0. The molecule has 0 saturated heterocycles. The van der Waals surface area contributed by atoms with Crippen LogP contribution in [0.25, 0.3) is 16.8 Å². The zero-order valence-corrected chi connectivity index (χ0v) is 20.0. The molecule has 4 rings (SSSR count). The van der Waals surface area contributed by atoms with Gasteiger partial charge in [-0.3, -0.25) is 9.20 Å². The van der Waals surface area contributed by atoms with E-state index in [1.54, 1.807) is 24.3 Å². The number of thiophene rings is 1. The molecule has 4 nitrogen and oxygen atoms in total. The van der Waals surface area contributed by atoms with Crippen molar-refractivity contribution in [2.24, 2.45) is 0 Å². The van der Waals surface area contributed by atoms with E-state index in [1.807, 2.05) is 37.4 Å². The molecule has 0 bridgehead atoms. The molecule has 1 amide bonds. The highest BCUT2D eigenvalue weighted by Crippen LogP contribution is 2.36. The number of alkyl halides is 3. The van der Waals surface area contributed by atoms with Crippen LogP contribution < -0.4 is 0 Å². The summed E-state index contributed by atoms with van der Waals surface area (Å²) >= 11 is 7.94. The highest BCUT2D eigenvalue weighted by atomic mass is 35.5. The van der Waals surface area contributed by atoms with E-state index >= 15 is 0 Å². The number of nitrogens with zero attached hydrogens (tertiary/aromatic N) is 3. The van der Waals surface area contributed by atoms with Crippen molar-refractivity contribution in [3.63, 3.8) is 0 Å². The van der Waals surface area contributed by atoms with Gasteiger partial charge in [0, 0.05) is 24.2 Å². The van der Waals surface area contributed by atoms with E-state index in [0.717, 1.165) is 20.9 Å². The number of allylic oxidation sites excluding steroid dienone is 3. The number of imidazole rings is 1. The third-order valence-electron chi connectivity index (χ3n) is 5.08. The van der Waals surface area contributed by atoms with Gasteiger partial charge in [0.05, 0.1) is 5.56 Å². The second-order valence-corrected chi connectivity index (χ2v) is 8.23. The number of halogens is 4. The Morgan fingerprint density at radius 3 is 2.64 bits per heavy atom. The van der Waals surface area contributed by atoms with Crippen LogP contribution in [0.4, 0.5) is 13.2 Å². The van der Waals surface area contributed by atoms with Crippen molar-refractivity contribution < 1.29 is 18.0 Å². The average Bonchev–Trinajstić information content (AvgIpc) is 3.55. The van der Waals surface area contributed by atoms with Crippen molar-refractivity contribution >= 4 is 45.6 Å². The molecule has 33 heavy (non-hydrogen) atoms. The van der Waals surface area contributed by atoms with Gasteiger partial charge in [-0.1, -0.05) is 56.3 Å². The molecule has 174 valence electrons. The lowest BCUT2D eigenvalue weighted by atomic mass is 10.1. The molecule has 0 atom stereocenters. The number of hydrogen-bond donors (Lipinski definition) is 0. The van der Waals surface area contributed by atoms with Crippen LogP contribution in [0.2, 0.25) is 5.15 Å². The number of fused-ring (bicyclic) bond motifs is 1. The first-order chi connectivity index (χ1) is 15.7. The first-order valence-corrected chi connectivity index (χ1v) is 11.6. The lowest BCUT2D eigenvalue weighted by Crippen LogP contribution is -2.29. The minimum Gasteiger partial charge on any atom is -0.329 e. The Hall–Kier alpha value is -2.84. The first-order valence-electron chi connectivity index (χ1n) is 10.3. The minimum atomic E-state index is -4.67. The van der Waals surface area contributed by atoms with Crippen molar-refractivity contribution in [3.8, 4) is 0 Å². The zero-order valence-electron chi connectivity index (χ0n) is 18.4. The van der Waals surface area contributed by atoms with Crippen LogP contribution in [0.3, 0.4) is 0 Å². The number of rotatable bonds is 4. The molecule has 3 aromatic rings. The normalized spacial score (nSPS) is 14.2. The van der Waals surface area contributed by atoms with Crippen LogP contribution in [0, 0.1) is 0 Å². The maximum absolute atomic E-state index is 13.8. The summed E-state index contributed by atoms with van der Waals surface area (Å²) < 4.78 is 42.4. The van der Waals surface area contributed by atoms with Gasteiger partial charge in [-0.05, 0) is 41.1 Å². The van der Waals surface area contributed by atoms with E-state index < -0.39 is 23.3 Å². The van der Waals surface area contributed by atoms with Gasteiger partial charge in [0.2, 0.25) is 0 Å². The largest absolute Gasteiger partial charge is 0.420 e. The molecule has 0 unspecified atom stereocenters. The maximum atomic E-state index is 13.8. The maximum Gasteiger partial charge on any atom is 0.420 e. The molecular formula is C24H23ClF3N3OS. The molecule has 1 aliphatic heterocycles. The van der Waals surface area contributed by atoms with Crippen molar-refractivity contribution in [2.75, 3.05) is 13.1 Å². The number of carbonyl (C=O) groups is 1. The fourth-order valence-corrected chi connectivity index (χ4v) is 4.53. The Labute approximate surface area is 199 Å². The van der Waals surface area contributed by atoms with E-state index in [4.69, 9.17) is 11.6 Å². The number of hydrogen-bond acceptors (Lipinski definition) is 3. The molecule has 4 heterocycles. The molecule has 0 fully saturated rings. The Morgan fingerprint density at radius 1 is 1.33 bits per heavy atom. The highest BCUT2D eigenvalue weighted by molar-refractivity contribution is 7.11. The Kier molecular flexibility index (Phi) is 7.49. The predicted molar refractivity (Wildman–Crippen MR) is 129 cm³/mol. The Bertz CT molecular complexity index is 1240. The van der Waals surface area contributed by atoms with Crippen LogP contribution in [-0.4, -0.2) is 33.3 Å². The number of pyridine rings is 1. The standard InChI is InChI=1S/C22H17ClF3N3OS.C2H6/c1-3-13(4-2)15-10-16(22(24,25)26)20-27-18(19(23)29(20)12-15)21(30)28-8-7-14(11-28)17-6-5-9-31-17;1-2/h3-7,9-10,12H,1,8,11H2,2H3;1-2H3/b13-4+;. The van der Waals surface area contributed by atoms with Crippen molar-refractivity contribution in [1.29, 1.82) is 0 Å². The van der Waals surface area contributed by atoms with Gasteiger partial charge in [-0.2, -0.15) is 13.2 Å². The molecular weight excluding hydrogens is 471 g/mol. The molecule has 0 aliphatic carbocycles. The molecule has 0 saturated carbocycles. The molecule has 1 aliphatic rings. The summed E-state index contributed by atoms with van der Waals surface area (Å²) in [6.07, 6.45) is 1.80. The van der Waals surface area contributed by atoms with E-state index in [1.165, 1.54) is 17.2 Å². The van der Waals surface area contributed by atoms with Gasteiger partial charge in [-0.25, -0.2) is 4.98 Å². The fourth-order valence-electron chi connectivity index (χ4n) is 3.52. The van der Waals surface area contributed by atoms with Gasteiger partial charge >= 0.3 is 6.18 Å². The molecule has 0 spiro atoms. The average molecular weight is 494 g/mol. The molecule has 0 aromatic carbocycles. The number of aromatic nitrogens is 2. The smallest absolute Gasteiger partial charge is 0.329 e. The lowest BCUT2D eigenvalue weighted by molar-refractivity contribution is -0.136. The van der Waals surface area contributed by atoms with Crippen molar-refractivity contribution in [2.45, 2.75) is 26.9 Å². The van der Waals surface area contributed by atoms with Crippen LogP contribution in [0.5, 0.6) is 0 Å². The fraction of sp³-hybridized carbons (Fsp3) is 0.250. The highest BCUT2D eigenvalue weighted by Gasteiger charge is 2.37. The Balaban J connectivity index is 0.00000149. The SMILES string of the molecule is C=C/C(=C\C)c1cc(C(F)(F)F)c2nc(C(=O)N3CC=C(c4cccs4)C3)c(Cl)n2c1.CC. The summed E-state index contributed by atoms with van der Waals surface area (Å²) in [5, 5.41) is 1.79. The zero-order chi connectivity index (χ0) is 24.3. The summed E-state index contributed by atoms with van der Waals surface area (Å²) in [5.41, 5.74) is 0.199. The molecule has 0 N–H and O–H groups in total. The van der Waals surface area contributed by atoms with Gasteiger partial charge in [0.1, 0.15) is 5.15 Å². The van der Waals surface area contributed by atoms with Gasteiger partial charge in [-0.15, -0.1) is 11.3 Å². The van der Waals surface area contributed by atoms with E-state index in [0.29, 0.717) is 18.7 Å². The monoisotopic (exact) mass is 493 g/mol. The second-order valence-electron chi connectivity index (χ2n) is 6.93. The second kappa shape index (κ2) is 9.97. The quantitative estimate of drug-likeness (QED) is 0.360. The van der Waals surface area contributed by atoms with E-state index in [-0.39, 0.29) is 16.4 Å². The van der Waals surface area contributed by atoms with Crippen LogP contribution >= 0.6 is 22.9 Å². The Morgan fingerprint density at radius 2 is 2.06 bits per heavy atom. The van der Waals surface area contributed by atoms with E-state index in [9.17, 15) is 18.0 Å². The first kappa shape index (κ1) is 24.8. The van der Waals surface area contributed by atoms with Gasteiger partial charge < -0.3 is 4.90 Å². The number of amides is 1. The third-order valence-corrected chi connectivity index (χ3v) is 6.38. The number of carbonyl (C=O) groups excluding carboxylic acids is 1. The summed E-state index contributed by atoms with van der Waals surface area (Å²) in [4.78, 5) is 19.6. The minimum absolute atomic E-state index is 0.156. The van der Waals surface area contributed by atoms with Crippen molar-refractivity contribution in [3.05, 3.63) is 81.4 Å². The summed E-state index contributed by atoms with van der Waals surface area (Å²) in [7, 11) is 0. The lowest BCUT2D eigenvalue weighted by Gasteiger charge is -2.15. The van der Waals surface area contributed by atoms with E-state index in [2.05, 4.69) is 11.6 Å². The van der Waals surface area contributed by atoms with Crippen LogP contribution in [0.1, 0.15) is 47.3 Å². The topological polar surface area (TPSA) is 37.6 Å². The third kappa shape index (κ3) is 4.77. The van der Waals surface area contributed by atoms with Gasteiger partial charge in [0.15, 0.2) is 11.3 Å². The molecule has 0 radical (unpaired) electrons. The van der Waals surface area contributed by atoms with Crippen molar-refractivity contribution in [1.82, 2.24) is 14.3 Å². The predicted octanol–water partition coefficient (Wildman–Crippen LogP) is 7.22. The molecule has 3 aromatic heterocycles. The van der Waals surface area contributed by atoms with Gasteiger partial charge in [0.25, 0.3) is 5.91 Å². The van der Waals surface area contributed by atoms with Crippen LogP contribution in [-0.2, 0) is 6.18 Å². The molecule has 9 heteroatoms. The summed E-state index contributed by atoms with van der Waals surface area (Å²) in [5.74, 6) is -0.513.